The number of piperidine rings is 1. The molecule has 0 bridgehead atoms. The van der Waals surface area contributed by atoms with Gasteiger partial charge in [0.05, 0.1) is 4.88 Å². The van der Waals surface area contributed by atoms with Crippen LogP contribution in [0.5, 0.6) is 0 Å². The van der Waals surface area contributed by atoms with Gasteiger partial charge in [0.1, 0.15) is 0 Å². The van der Waals surface area contributed by atoms with Crippen molar-refractivity contribution in [3.8, 4) is 0 Å². The van der Waals surface area contributed by atoms with Crippen LogP contribution in [0.2, 0.25) is 0 Å². The molecule has 1 spiro atoms. The molecule has 1 aliphatic heterocycles. The monoisotopic (exact) mass is 398 g/mol. The molecule has 1 amide bonds. The van der Waals surface area contributed by atoms with Crippen molar-refractivity contribution in [3.63, 3.8) is 0 Å². The number of aryl methyl sites for hydroxylation is 1. The molecule has 0 atom stereocenters. The first-order chi connectivity index (χ1) is 13.5. The fourth-order valence-electron chi connectivity index (χ4n) is 4.70. The van der Waals surface area contributed by atoms with E-state index in [0.717, 1.165) is 37.4 Å². The molecule has 1 saturated heterocycles. The number of hydrogen-bond acceptors (Lipinski definition) is 5. The van der Waals surface area contributed by atoms with Gasteiger partial charge in [0, 0.05) is 12.6 Å². The first kappa shape index (κ1) is 19.5. The Hall–Kier alpha value is -1.79. The first-order valence-corrected chi connectivity index (χ1v) is 11.1. The lowest BCUT2D eigenvalue weighted by atomic mass is 9.60. The minimum absolute atomic E-state index is 0.0470. The Bertz CT molecular complexity index is 831. The highest BCUT2D eigenvalue weighted by Crippen LogP contribution is 2.49. The van der Waals surface area contributed by atoms with E-state index in [9.17, 15) is 4.79 Å². The zero-order valence-electron chi connectivity index (χ0n) is 17.1. The van der Waals surface area contributed by atoms with Gasteiger partial charge in [-0.3, -0.25) is 9.69 Å². The molecule has 1 saturated carbocycles. The van der Waals surface area contributed by atoms with Gasteiger partial charge in [0.15, 0.2) is 5.69 Å². The van der Waals surface area contributed by atoms with Gasteiger partial charge in [0.2, 0.25) is 0 Å². The van der Waals surface area contributed by atoms with Gasteiger partial charge in [0.25, 0.3) is 5.91 Å². The van der Waals surface area contributed by atoms with Crippen molar-refractivity contribution in [3.05, 3.63) is 46.0 Å². The Kier molecular flexibility index (Phi) is 5.52. The smallest absolute Gasteiger partial charge is 0.273 e. The van der Waals surface area contributed by atoms with Crippen molar-refractivity contribution in [2.45, 2.75) is 65.0 Å². The van der Waals surface area contributed by atoms with E-state index in [1.807, 2.05) is 0 Å². The number of nitrogens with zero attached hydrogens (tertiary/aromatic N) is 3. The molecule has 0 unspecified atom stereocenters. The maximum absolute atomic E-state index is 12.6. The van der Waals surface area contributed by atoms with Gasteiger partial charge >= 0.3 is 0 Å². The number of aromatic nitrogens is 2. The first-order valence-electron chi connectivity index (χ1n) is 10.4. The van der Waals surface area contributed by atoms with Gasteiger partial charge in [-0.1, -0.05) is 42.6 Å². The molecule has 5 nitrogen and oxygen atoms in total. The molecular formula is C22H30N4OS. The SMILES string of the molecule is Cc1ccccc1CN1CCC2(CC1)CC(NC(=O)c1nnsc1C(C)C)C2. The molecule has 1 aromatic carbocycles. The van der Waals surface area contributed by atoms with Crippen molar-refractivity contribution >= 4 is 17.4 Å². The normalized spacial score (nSPS) is 19.7. The largest absolute Gasteiger partial charge is 0.348 e. The van der Waals surface area contributed by atoms with Gasteiger partial charge in [-0.25, -0.2) is 0 Å². The minimum Gasteiger partial charge on any atom is -0.348 e. The van der Waals surface area contributed by atoms with Gasteiger partial charge in [-0.2, -0.15) is 0 Å². The lowest BCUT2D eigenvalue weighted by Crippen LogP contribution is -2.54. The average molecular weight is 399 g/mol. The Labute approximate surface area is 171 Å². The Morgan fingerprint density at radius 2 is 2.00 bits per heavy atom. The molecule has 1 aromatic heterocycles. The van der Waals surface area contributed by atoms with Crippen molar-refractivity contribution in [2.75, 3.05) is 13.1 Å². The third-order valence-electron chi connectivity index (χ3n) is 6.52. The van der Waals surface area contributed by atoms with E-state index < -0.39 is 0 Å². The Balaban J connectivity index is 1.26. The molecule has 4 rings (SSSR count). The van der Waals surface area contributed by atoms with E-state index in [4.69, 9.17) is 0 Å². The summed E-state index contributed by atoms with van der Waals surface area (Å²) in [5, 5.41) is 7.26. The van der Waals surface area contributed by atoms with Crippen LogP contribution in [0.1, 0.15) is 71.9 Å². The molecule has 2 aromatic rings. The molecule has 150 valence electrons. The van der Waals surface area contributed by atoms with Gasteiger partial charge in [-0.15, -0.1) is 5.10 Å². The molecule has 2 fully saturated rings. The average Bonchev–Trinajstić information content (AvgIpc) is 3.14. The van der Waals surface area contributed by atoms with E-state index in [1.165, 1.54) is 35.5 Å². The highest BCUT2D eigenvalue weighted by Gasteiger charge is 2.46. The fourth-order valence-corrected chi connectivity index (χ4v) is 5.34. The van der Waals surface area contributed by atoms with Crippen molar-refractivity contribution in [1.29, 1.82) is 0 Å². The van der Waals surface area contributed by atoms with Crippen LogP contribution in [-0.2, 0) is 6.54 Å². The molecule has 1 N–H and O–H groups in total. The number of nitrogens with one attached hydrogen (secondary N) is 1. The van der Waals surface area contributed by atoms with Gasteiger partial charge in [-0.05, 0) is 79.7 Å². The number of hydrogen-bond donors (Lipinski definition) is 1. The molecule has 6 heteroatoms. The highest BCUT2D eigenvalue weighted by molar-refractivity contribution is 7.05. The molecule has 28 heavy (non-hydrogen) atoms. The number of amides is 1. The van der Waals surface area contributed by atoms with Crippen LogP contribution in [0, 0.1) is 12.3 Å². The van der Waals surface area contributed by atoms with Crippen LogP contribution in [0.3, 0.4) is 0 Å². The summed E-state index contributed by atoms with van der Waals surface area (Å²) in [6.07, 6.45) is 4.68. The third kappa shape index (κ3) is 3.98. The number of carbonyl (C=O) groups excluding carboxylic acids is 1. The second-order valence-corrected chi connectivity index (χ2v) is 9.71. The van der Waals surface area contributed by atoms with Crippen LogP contribution < -0.4 is 5.32 Å². The maximum Gasteiger partial charge on any atom is 0.273 e. The fraction of sp³-hybridized carbons (Fsp3) is 0.591. The quantitative estimate of drug-likeness (QED) is 0.822. The molecule has 2 aliphatic rings. The molecular weight excluding hydrogens is 368 g/mol. The molecule has 0 radical (unpaired) electrons. The number of carbonyl (C=O) groups is 1. The minimum atomic E-state index is -0.0470. The van der Waals surface area contributed by atoms with E-state index in [2.05, 4.69) is 64.8 Å². The summed E-state index contributed by atoms with van der Waals surface area (Å²) < 4.78 is 3.97. The Morgan fingerprint density at radius 1 is 1.29 bits per heavy atom. The zero-order chi connectivity index (χ0) is 19.7. The lowest BCUT2D eigenvalue weighted by Gasteiger charge is -2.52. The number of rotatable bonds is 5. The Morgan fingerprint density at radius 3 is 2.68 bits per heavy atom. The predicted molar refractivity (Wildman–Crippen MR) is 113 cm³/mol. The topological polar surface area (TPSA) is 58.1 Å². The van der Waals surface area contributed by atoms with Crippen LogP contribution in [0.15, 0.2) is 24.3 Å². The van der Waals surface area contributed by atoms with Crippen LogP contribution in [-0.4, -0.2) is 39.5 Å². The van der Waals surface area contributed by atoms with E-state index in [1.54, 1.807) is 0 Å². The van der Waals surface area contributed by atoms with Crippen molar-refractivity contribution in [1.82, 2.24) is 19.8 Å². The summed E-state index contributed by atoms with van der Waals surface area (Å²) in [6, 6.07) is 8.97. The summed E-state index contributed by atoms with van der Waals surface area (Å²) >= 11 is 1.33. The highest BCUT2D eigenvalue weighted by atomic mass is 32.1. The van der Waals surface area contributed by atoms with Crippen LogP contribution in [0.4, 0.5) is 0 Å². The lowest BCUT2D eigenvalue weighted by molar-refractivity contribution is 0.00455. The second kappa shape index (κ2) is 7.91. The predicted octanol–water partition coefficient (Wildman–Crippen LogP) is 4.14. The van der Waals surface area contributed by atoms with Crippen molar-refractivity contribution < 1.29 is 4.79 Å². The van der Waals surface area contributed by atoms with E-state index in [-0.39, 0.29) is 17.9 Å². The molecule has 1 aliphatic carbocycles. The summed E-state index contributed by atoms with van der Waals surface area (Å²) in [6.45, 7) is 9.72. The number of benzene rings is 1. The van der Waals surface area contributed by atoms with Crippen molar-refractivity contribution in [2.24, 2.45) is 5.41 Å². The third-order valence-corrected chi connectivity index (χ3v) is 7.54. The zero-order valence-corrected chi connectivity index (χ0v) is 17.9. The second-order valence-electron chi connectivity index (χ2n) is 8.92. The van der Waals surface area contributed by atoms with Crippen LogP contribution >= 0.6 is 11.5 Å². The van der Waals surface area contributed by atoms with E-state index >= 15 is 0 Å². The standard InChI is InChI=1S/C22H30N4OS/c1-15(2)20-19(24-25-28-20)21(27)23-18-12-22(13-18)8-10-26(11-9-22)14-17-7-5-4-6-16(17)3/h4-7,15,18H,8-14H2,1-3H3,(H,23,27). The summed E-state index contributed by atoms with van der Waals surface area (Å²) in [5.74, 6) is 0.236. The summed E-state index contributed by atoms with van der Waals surface area (Å²) in [5.41, 5.74) is 3.78. The maximum atomic E-state index is 12.6. The molecule has 2 heterocycles. The summed E-state index contributed by atoms with van der Waals surface area (Å²) in [4.78, 5) is 16.1. The number of likely N-dealkylation sites (tertiary alicyclic amines) is 1. The van der Waals surface area contributed by atoms with E-state index in [0.29, 0.717) is 11.1 Å². The summed E-state index contributed by atoms with van der Waals surface area (Å²) in [7, 11) is 0. The van der Waals surface area contributed by atoms with Crippen LogP contribution in [0.25, 0.3) is 0 Å². The van der Waals surface area contributed by atoms with Gasteiger partial charge < -0.3 is 5.32 Å².